The third-order valence-corrected chi connectivity index (χ3v) is 5.35. The van der Waals surface area contributed by atoms with Crippen LogP contribution in [0.1, 0.15) is 40.2 Å². The van der Waals surface area contributed by atoms with Crippen LogP contribution in [0.25, 0.3) is 5.76 Å². The van der Waals surface area contributed by atoms with Gasteiger partial charge in [-0.25, -0.2) is 0 Å². The first-order valence-electron chi connectivity index (χ1n) is 8.56. The third-order valence-electron chi connectivity index (χ3n) is 5.35. The first kappa shape index (κ1) is 14.0. The second kappa shape index (κ2) is 5.32. The summed E-state index contributed by atoms with van der Waals surface area (Å²) in [6.07, 6.45) is 1.77. The van der Waals surface area contributed by atoms with Gasteiger partial charge < -0.3 is 9.47 Å². The van der Waals surface area contributed by atoms with E-state index >= 15 is 0 Å². The molecule has 3 atom stereocenters. The van der Waals surface area contributed by atoms with Crippen LogP contribution in [0.3, 0.4) is 0 Å². The fourth-order valence-corrected chi connectivity index (χ4v) is 4.31. The molecule has 24 heavy (non-hydrogen) atoms. The second-order valence-electron chi connectivity index (χ2n) is 6.67. The van der Waals surface area contributed by atoms with E-state index in [2.05, 4.69) is 12.1 Å². The van der Waals surface area contributed by atoms with Crippen LogP contribution in [0.15, 0.2) is 60.2 Å². The Morgan fingerprint density at radius 1 is 0.917 bits per heavy atom. The lowest BCUT2D eigenvalue weighted by atomic mass is 9.74. The van der Waals surface area contributed by atoms with Crippen LogP contribution in [-0.2, 0) is 9.47 Å². The fourth-order valence-electron chi connectivity index (χ4n) is 4.31. The standard InChI is InChI=1S/C21H18O3/c22-19-14-9-4-5-10-15(14)20-18(19)17(13-7-2-1-3-8-13)16-11-6-12-23-21(16)24-20/h1-5,7-10,16-17,21H,6,11-12H2/t16-,17-,21+/m1/s1. The first-order valence-corrected chi connectivity index (χ1v) is 8.56. The number of ether oxygens (including phenoxy) is 2. The van der Waals surface area contributed by atoms with Crippen LogP contribution >= 0.6 is 0 Å². The molecule has 120 valence electrons. The number of carbonyl (C=O) groups is 1. The minimum atomic E-state index is -0.262. The van der Waals surface area contributed by atoms with Crippen molar-refractivity contribution in [2.75, 3.05) is 6.61 Å². The zero-order valence-electron chi connectivity index (χ0n) is 13.3. The summed E-state index contributed by atoms with van der Waals surface area (Å²) in [5.74, 6) is 1.07. The predicted octanol–water partition coefficient (Wildman–Crippen LogP) is 4.16. The van der Waals surface area contributed by atoms with Crippen molar-refractivity contribution >= 4 is 11.5 Å². The molecule has 0 aromatic heterocycles. The molecule has 0 spiro atoms. The quantitative estimate of drug-likeness (QED) is 0.792. The molecule has 0 amide bonds. The third kappa shape index (κ3) is 1.91. The molecule has 0 unspecified atom stereocenters. The van der Waals surface area contributed by atoms with Crippen LogP contribution in [0.5, 0.6) is 0 Å². The molecule has 1 fully saturated rings. The Morgan fingerprint density at radius 2 is 1.67 bits per heavy atom. The zero-order chi connectivity index (χ0) is 16.1. The van der Waals surface area contributed by atoms with Gasteiger partial charge in [0, 0.05) is 23.0 Å². The maximum atomic E-state index is 13.1. The maximum absolute atomic E-state index is 13.1. The van der Waals surface area contributed by atoms with Gasteiger partial charge in [0.25, 0.3) is 0 Å². The molecule has 3 aliphatic rings. The molecule has 2 aliphatic heterocycles. The Balaban J connectivity index is 1.71. The lowest BCUT2D eigenvalue weighted by molar-refractivity contribution is -0.165. The Kier molecular flexibility index (Phi) is 3.10. The maximum Gasteiger partial charge on any atom is 0.203 e. The van der Waals surface area contributed by atoms with Crippen molar-refractivity contribution < 1.29 is 14.3 Å². The van der Waals surface area contributed by atoms with Gasteiger partial charge in [0.2, 0.25) is 6.29 Å². The molecule has 3 nitrogen and oxygen atoms in total. The van der Waals surface area contributed by atoms with E-state index in [0.717, 1.165) is 41.9 Å². The molecular formula is C21H18O3. The lowest BCUT2D eigenvalue weighted by Gasteiger charge is -2.41. The molecule has 5 rings (SSSR count). The van der Waals surface area contributed by atoms with Crippen molar-refractivity contribution in [1.82, 2.24) is 0 Å². The number of fused-ring (bicyclic) bond motifs is 3. The molecule has 0 saturated carbocycles. The molecule has 1 saturated heterocycles. The molecule has 3 heteroatoms. The number of Topliss-reactive ketones (excluding diaryl/α,β-unsaturated/α-hetero) is 1. The van der Waals surface area contributed by atoms with Gasteiger partial charge in [0.1, 0.15) is 5.76 Å². The van der Waals surface area contributed by atoms with Gasteiger partial charge in [-0.2, -0.15) is 0 Å². The van der Waals surface area contributed by atoms with Crippen molar-refractivity contribution in [2.45, 2.75) is 25.0 Å². The van der Waals surface area contributed by atoms with Crippen LogP contribution in [0.4, 0.5) is 0 Å². The van der Waals surface area contributed by atoms with E-state index in [1.165, 1.54) is 5.56 Å². The van der Waals surface area contributed by atoms with Crippen LogP contribution in [-0.4, -0.2) is 18.7 Å². The molecule has 0 bridgehead atoms. The highest BCUT2D eigenvalue weighted by molar-refractivity contribution is 6.20. The predicted molar refractivity (Wildman–Crippen MR) is 90.4 cm³/mol. The summed E-state index contributed by atoms with van der Waals surface area (Å²) in [6, 6.07) is 18.1. The topological polar surface area (TPSA) is 35.5 Å². The molecule has 2 heterocycles. The molecule has 0 N–H and O–H groups in total. The molecular weight excluding hydrogens is 300 g/mol. The van der Waals surface area contributed by atoms with E-state index in [4.69, 9.17) is 9.47 Å². The van der Waals surface area contributed by atoms with Crippen LogP contribution in [0, 0.1) is 5.92 Å². The van der Waals surface area contributed by atoms with E-state index in [1.807, 2.05) is 42.5 Å². The van der Waals surface area contributed by atoms with E-state index in [0.29, 0.717) is 0 Å². The number of allylic oxidation sites excluding steroid dienone is 1. The lowest BCUT2D eigenvalue weighted by Crippen LogP contribution is -2.40. The number of hydrogen-bond acceptors (Lipinski definition) is 3. The van der Waals surface area contributed by atoms with E-state index in [-0.39, 0.29) is 23.9 Å². The van der Waals surface area contributed by atoms with Crippen molar-refractivity contribution in [2.24, 2.45) is 5.92 Å². The minimum Gasteiger partial charge on any atom is -0.463 e. The van der Waals surface area contributed by atoms with Gasteiger partial charge in [-0.1, -0.05) is 54.6 Å². The largest absolute Gasteiger partial charge is 0.463 e. The summed E-state index contributed by atoms with van der Waals surface area (Å²) < 4.78 is 12.1. The summed E-state index contributed by atoms with van der Waals surface area (Å²) in [7, 11) is 0. The second-order valence-corrected chi connectivity index (χ2v) is 6.67. The minimum absolute atomic E-state index is 0.0418. The van der Waals surface area contributed by atoms with Crippen molar-refractivity contribution in [1.29, 1.82) is 0 Å². The number of benzene rings is 2. The van der Waals surface area contributed by atoms with Gasteiger partial charge in [-0.3, -0.25) is 4.79 Å². The molecule has 2 aromatic carbocycles. The number of hydrogen-bond donors (Lipinski definition) is 0. The Bertz CT molecular complexity index is 837. The number of rotatable bonds is 1. The monoisotopic (exact) mass is 318 g/mol. The van der Waals surface area contributed by atoms with Crippen LogP contribution < -0.4 is 0 Å². The molecule has 1 aliphatic carbocycles. The van der Waals surface area contributed by atoms with Crippen molar-refractivity contribution in [3.63, 3.8) is 0 Å². The average Bonchev–Trinajstić information content (AvgIpc) is 2.93. The average molecular weight is 318 g/mol. The van der Waals surface area contributed by atoms with E-state index in [9.17, 15) is 4.79 Å². The summed E-state index contributed by atoms with van der Waals surface area (Å²) in [5, 5.41) is 0. The normalized spacial score (nSPS) is 28.0. The molecule has 2 aromatic rings. The Labute approximate surface area is 140 Å². The highest BCUT2D eigenvalue weighted by Gasteiger charge is 2.48. The van der Waals surface area contributed by atoms with Crippen molar-refractivity contribution in [3.05, 3.63) is 76.9 Å². The summed E-state index contributed by atoms with van der Waals surface area (Å²) in [4.78, 5) is 13.1. The van der Waals surface area contributed by atoms with Gasteiger partial charge in [-0.05, 0) is 18.4 Å². The van der Waals surface area contributed by atoms with Gasteiger partial charge in [0.15, 0.2) is 5.78 Å². The van der Waals surface area contributed by atoms with Crippen molar-refractivity contribution in [3.8, 4) is 0 Å². The fraction of sp³-hybridized carbons (Fsp3) is 0.286. The molecule has 0 radical (unpaired) electrons. The highest BCUT2D eigenvalue weighted by atomic mass is 16.7. The summed E-state index contributed by atoms with van der Waals surface area (Å²) >= 11 is 0. The van der Waals surface area contributed by atoms with E-state index < -0.39 is 0 Å². The number of ketones is 1. The van der Waals surface area contributed by atoms with Gasteiger partial charge in [0.05, 0.1) is 12.2 Å². The Morgan fingerprint density at radius 3 is 2.50 bits per heavy atom. The Hall–Kier alpha value is -2.39. The SMILES string of the molecule is O=C1C2=C(O[C@@H]3OCCC[C@@H]3[C@H]2c2ccccc2)c2ccccc21. The zero-order valence-corrected chi connectivity index (χ0v) is 13.3. The smallest absolute Gasteiger partial charge is 0.203 e. The van der Waals surface area contributed by atoms with E-state index in [1.54, 1.807) is 0 Å². The summed E-state index contributed by atoms with van der Waals surface area (Å²) in [6.45, 7) is 0.723. The number of carbonyl (C=O) groups excluding carboxylic acids is 1. The van der Waals surface area contributed by atoms with Gasteiger partial charge in [-0.15, -0.1) is 0 Å². The van der Waals surface area contributed by atoms with Crippen LogP contribution in [0.2, 0.25) is 0 Å². The van der Waals surface area contributed by atoms with Gasteiger partial charge >= 0.3 is 0 Å². The summed E-state index contributed by atoms with van der Waals surface area (Å²) in [5.41, 5.74) is 3.65. The first-order chi connectivity index (χ1) is 11.8. The highest BCUT2D eigenvalue weighted by Crippen LogP contribution is 2.51.